The number of hydrogen-bond donors (Lipinski definition) is 1. The first-order chi connectivity index (χ1) is 14.9. The molecule has 31 heavy (non-hydrogen) atoms. The Kier molecular flexibility index (Phi) is 5.53. The van der Waals surface area contributed by atoms with Gasteiger partial charge in [0.05, 0.1) is 17.7 Å². The number of benzene rings is 2. The van der Waals surface area contributed by atoms with Crippen molar-refractivity contribution in [2.75, 3.05) is 5.32 Å². The third kappa shape index (κ3) is 4.80. The van der Waals surface area contributed by atoms with E-state index in [1.54, 1.807) is 35.4 Å². The molecule has 0 fully saturated rings. The number of pyridine rings is 1. The maximum Gasteiger partial charge on any atom is 0.416 e. The fraction of sp³-hybridized carbons (Fsp3) is 0.0870. The molecule has 0 bridgehead atoms. The van der Waals surface area contributed by atoms with Gasteiger partial charge in [-0.05, 0) is 42.0 Å². The van der Waals surface area contributed by atoms with E-state index < -0.39 is 17.6 Å². The Balaban J connectivity index is 1.63. The highest BCUT2D eigenvalue weighted by atomic mass is 19.4. The van der Waals surface area contributed by atoms with Crippen LogP contribution in [0.2, 0.25) is 0 Å². The predicted molar refractivity (Wildman–Crippen MR) is 110 cm³/mol. The Hall–Kier alpha value is -3.94. The minimum Gasteiger partial charge on any atom is -0.322 e. The van der Waals surface area contributed by atoms with Crippen molar-refractivity contribution in [3.8, 4) is 11.3 Å². The van der Waals surface area contributed by atoms with Crippen molar-refractivity contribution < 1.29 is 18.0 Å². The molecule has 1 N–H and O–H groups in total. The zero-order valence-corrected chi connectivity index (χ0v) is 16.2. The van der Waals surface area contributed by atoms with E-state index in [0.29, 0.717) is 23.4 Å². The Morgan fingerprint density at radius 2 is 1.71 bits per heavy atom. The molecule has 0 atom stereocenters. The Bertz CT molecular complexity index is 1170. The normalized spacial score (nSPS) is 11.3. The van der Waals surface area contributed by atoms with Crippen molar-refractivity contribution in [3.63, 3.8) is 0 Å². The molecule has 1 amide bonds. The minimum absolute atomic E-state index is 0.256. The largest absolute Gasteiger partial charge is 0.416 e. The van der Waals surface area contributed by atoms with Crippen LogP contribution in [0.5, 0.6) is 0 Å². The van der Waals surface area contributed by atoms with E-state index in [4.69, 9.17) is 0 Å². The molecular formula is C23H17F3N4O. The van der Waals surface area contributed by atoms with Crippen molar-refractivity contribution in [1.82, 2.24) is 14.8 Å². The lowest BCUT2D eigenvalue weighted by Crippen LogP contribution is -2.13. The lowest BCUT2D eigenvalue weighted by Gasteiger charge is -2.09. The van der Waals surface area contributed by atoms with Gasteiger partial charge in [-0.15, -0.1) is 0 Å². The number of nitrogens with one attached hydrogen (secondary N) is 1. The number of rotatable bonds is 5. The molecule has 0 saturated heterocycles. The molecule has 2 heterocycles. The lowest BCUT2D eigenvalue weighted by atomic mass is 10.1. The quantitative estimate of drug-likeness (QED) is 0.477. The summed E-state index contributed by atoms with van der Waals surface area (Å²) in [6.45, 7) is 0.460. The van der Waals surface area contributed by atoms with E-state index in [1.807, 2.05) is 30.3 Å². The van der Waals surface area contributed by atoms with Crippen LogP contribution in [0.15, 0.2) is 85.3 Å². The molecule has 8 heteroatoms. The Morgan fingerprint density at radius 3 is 2.35 bits per heavy atom. The molecule has 0 spiro atoms. The lowest BCUT2D eigenvalue weighted by molar-refractivity contribution is -0.137. The first-order valence-corrected chi connectivity index (χ1v) is 9.40. The summed E-state index contributed by atoms with van der Waals surface area (Å²) in [6.07, 6.45) is 0.403. The van der Waals surface area contributed by atoms with Crippen LogP contribution < -0.4 is 5.32 Å². The van der Waals surface area contributed by atoms with Gasteiger partial charge >= 0.3 is 6.18 Å². The zero-order chi connectivity index (χ0) is 21.8. The Morgan fingerprint density at radius 1 is 0.968 bits per heavy atom. The van der Waals surface area contributed by atoms with Crippen molar-refractivity contribution >= 4 is 11.6 Å². The van der Waals surface area contributed by atoms with Crippen LogP contribution >= 0.6 is 0 Å². The second-order valence-corrected chi connectivity index (χ2v) is 6.85. The molecule has 0 aliphatic heterocycles. The third-order valence-electron chi connectivity index (χ3n) is 4.60. The van der Waals surface area contributed by atoms with E-state index in [2.05, 4.69) is 15.4 Å². The number of carbonyl (C=O) groups is 1. The zero-order valence-electron chi connectivity index (χ0n) is 16.2. The second-order valence-electron chi connectivity index (χ2n) is 6.85. The first-order valence-electron chi connectivity index (χ1n) is 9.40. The van der Waals surface area contributed by atoms with Crippen LogP contribution in [0.3, 0.4) is 0 Å². The van der Waals surface area contributed by atoms with Gasteiger partial charge in [-0.1, -0.05) is 30.3 Å². The number of carbonyl (C=O) groups excluding carboxylic acids is 1. The van der Waals surface area contributed by atoms with Gasteiger partial charge < -0.3 is 5.32 Å². The van der Waals surface area contributed by atoms with E-state index in [0.717, 1.165) is 17.7 Å². The number of aromatic nitrogens is 3. The van der Waals surface area contributed by atoms with Gasteiger partial charge in [-0.3, -0.25) is 14.5 Å². The highest BCUT2D eigenvalue weighted by Crippen LogP contribution is 2.30. The monoisotopic (exact) mass is 422 g/mol. The van der Waals surface area contributed by atoms with Gasteiger partial charge in [0, 0.05) is 29.8 Å². The second kappa shape index (κ2) is 8.43. The topological polar surface area (TPSA) is 59.8 Å². The van der Waals surface area contributed by atoms with Crippen LogP contribution in [0.25, 0.3) is 11.3 Å². The predicted octanol–water partition coefficient (Wildman–Crippen LogP) is 5.26. The fourth-order valence-electron chi connectivity index (χ4n) is 3.10. The number of alkyl halides is 3. The minimum atomic E-state index is -4.44. The van der Waals surface area contributed by atoms with Crippen LogP contribution in [0.1, 0.15) is 21.5 Å². The maximum atomic E-state index is 12.9. The molecule has 156 valence electrons. The Labute approximate surface area is 176 Å². The highest BCUT2D eigenvalue weighted by Gasteiger charge is 2.30. The molecule has 0 saturated carbocycles. The average Bonchev–Trinajstić information content (AvgIpc) is 3.19. The average molecular weight is 422 g/mol. The van der Waals surface area contributed by atoms with Gasteiger partial charge in [0.25, 0.3) is 5.91 Å². The molecule has 0 unspecified atom stereocenters. The van der Waals surface area contributed by atoms with E-state index >= 15 is 0 Å². The van der Waals surface area contributed by atoms with Crippen molar-refractivity contribution in [1.29, 1.82) is 0 Å². The number of hydrogen-bond acceptors (Lipinski definition) is 3. The van der Waals surface area contributed by atoms with Crippen LogP contribution in [-0.4, -0.2) is 20.7 Å². The van der Waals surface area contributed by atoms with Gasteiger partial charge in [0.1, 0.15) is 5.69 Å². The molecule has 0 aliphatic carbocycles. The third-order valence-corrected chi connectivity index (χ3v) is 4.60. The number of halogens is 3. The summed E-state index contributed by atoms with van der Waals surface area (Å²) in [5.74, 6) is -0.474. The van der Waals surface area contributed by atoms with Crippen LogP contribution in [0.4, 0.5) is 18.9 Å². The van der Waals surface area contributed by atoms with Gasteiger partial charge in [0.2, 0.25) is 0 Å². The molecule has 4 rings (SSSR count). The van der Waals surface area contributed by atoms with Gasteiger partial charge in [-0.25, -0.2) is 0 Å². The summed E-state index contributed by atoms with van der Waals surface area (Å²) in [7, 11) is 0. The molecule has 4 aromatic rings. The van der Waals surface area contributed by atoms with Crippen molar-refractivity contribution in [2.45, 2.75) is 12.7 Å². The summed E-state index contributed by atoms with van der Waals surface area (Å²) in [5, 5.41) is 7.20. The number of amides is 1. The van der Waals surface area contributed by atoms with Crippen molar-refractivity contribution in [2.24, 2.45) is 0 Å². The smallest absolute Gasteiger partial charge is 0.322 e. The molecular weight excluding hydrogens is 405 g/mol. The highest BCUT2D eigenvalue weighted by molar-refractivity contribution is 6.08. The van der Waals surface area contributed by atoms with E-state index in [1.165, 1.54) is 12.1 Å². The van der Waals surface area contributed by atoms with Crippen LogP contribution in [0, 0.1) is 0 Å². The summed E-state index contributed by atoms with van der Waals surface area (Å²) >= 11 is 0. The maximum absolute atomic E-state index is 12.9. The number of nitrogens with zero attached hydrogens (tertiary/aromatic N) is 3. The first kappa shape index (κ1) is 20.3. The molecule has 0 aliphatic rings. The van der Waals surface area contributed by atoms with E-state index in [-0.39, 0.29) is 5.69 Å². The van der Waals surface area contributed by atoms with Crippen LogP contribution in [-0.2, 0) is 12.7 Å². The van der Waals surface area contributed by atoms with Gasteiger partial charge in [-0.2, -0.15) is 18.3 Å². The van der Waals surface area contributed by atoms with Crippen molar-refractivity contribution in [3.05, 3.63) is 102 Å². The SMILES string of the molecule is O=C(Nc1ccc(C(F)(F)F)cc1)c1cn(Cc2ccccc2)nc1-c1cccnc1. The molecule has 2 aromatic carbocycles. The number of anilines is 1. The fourth-order valence-corrected chi connectivity index (χ4v) is 3.10. The van der Waals surface area contributed by atoms with E-state index in [9.17, 15) is 18.0 Å². The standard InChI is InChI=1S/C23H17F3N4O/c24-23(25,26)18-8-10-19(11-9-18)28-22(31)20-15-30(14-16-5-2-1-3-6-16)29-21(20)17-7-4-12-27-13-17/h1-13,15H,14H2,(H,28,31). The van der Waals surface area contributed by atoms with Gasteiger partial charge in [0.15, 0.2) is 0 Å². The summed E-state index contributed by atoms with van der Waals surface area (Å²) in [6, 6.07) is 17.5. The molecule has 5 nitrogen and oxygen atoms in total. The summed E-state index contributed by atoms with van der Waals surface area (Å²) < 4.78 is 39.9. The molecule has 2 aromatic heterocycles. The molecule has 0 radical (unpaired) electrons. The summed E-state index contributed by atoms with van der Waals surface area (Å²) in [5.41, 5.74) is 1.88. The summed E-state index contributed by atoms with van der Waals surface area (Å²) in [4.78, 5) is 17.0.